The van der Waals surface area contributed by atoms with Gasteiger partial charge in [0, 0.05) is 18.8 Å². The van der Waals surface area contributed by atoms with Crippen LogP contribution in [0.25, 0.3) is 0 Å². The van der Waals surface area contributed by atoms with Crippen LogP contribution in [0, 0.1) is 6.92 Å². The number of aromatic nitrogens is 2. The average molecular weight is 383 g/mol. The molecule has 1 aliphatic rings. The summed E-state index contributed by atoms with van der Waals surface area (Å²) in [6.07, 6.45) is 4.42. The molecule has 1 aromatic carbocycles. The summed E-state index contributed by atoms with van der Waals surface area (Å²) < 4.78 is 1.95. The summed E-state index contributed by atoms with van der Waals surface area (Å²) in [5.74, 6) is -0.870. The van der Waals surface area contributed by atoms with Crippen molar-refractivity contribution in [3.8, 4) is 0 Å². The monoisotopic (exact) mass is 383 g/mol. The fourth-order valence-electron chi connectivity index (χ4n) is 4.28. The van der Waals surface area contributed by atoms with Crippen molar-refractivity contribution in [2.24, 2.45) is 0 Å². The maximum atomic E-state index is 13.1. The van der Waals surface area contributed by atoms with Gasteiger partial charge in [0.25, 0.3) is 5.91 Å². The largest absolute Gasteiger partial charge is 0.481 e. The Hall–Kier alpha value is -2.63. The molecular formula is C22H29N3O3. The highest BCUT2D eigenvalue weighted by Crippen LogP contribution is 2.36. The summed E-state index contributed by atoms with van der Waals surface area (Å²) in [6, 6.07) is 9.66. The van der Waals surface area contributed by atoms with Gasteiger partial charge in [-0.1, -0.05) is 44.2 Å². The molecule has 2 aromatic rings. The Bertz CT molecular complexity index is 832. The smallest absolute Gasteiger partial charge is 0.314 e. The molecule has 1 saturated heterocycles. The number of amides is 1. The minimum Gasteiger partial charge on any atom is -0.481 e. The minimum absolute atomic E-state index is 0.0539. The van der Waals surface area contributed by atoms with E-state index in [0.29, 0.717) is 37.5 Å². The van der Waals surface area contributed by atoms with E-state index in [-0.39, 0.29) is 5.91 Å². The topological polar surface area (TPSA) is 75.4 Å². The standard InChI is InChI=1S/C22H29N3O3/c1-4-18(5-2)25-16(3)19(15-23-25)20(26)24-13-11-22(12-14-24,21(27)28)17-9-7-6-8-10-17/h6-10,15,18H,4-5,11-14H2,1-3H3,(H,27,28). The summed E-state index contributed by atoms with van der Waals surface area (Å²) in [4.78, 5) is 26.9. The SMILES string of the molecule is CCC(CC)n1ncc(C(=O)N2CCC(C(=O)O)(c3ccccc3)CC2)c1C. The zero-order valence-corrected chi connectivity index (χ0v) is 16.9. The number of piperidine rings is 1. The molecule has 6 heteroatoms. The van der Waals surface area contributed by atoms with Crippen molar-refractivity contribution in [2.45, 2.75) is 57.9 Å². The first-order valence-corrected chi connectivity index (χ1v) is 10.1. The second-order valence-electron chi connectivity index (χ2n) is 7.60. The third-order valence-corrected chi connectivity index (χ3v) is 6.20. The van der Waals surface area contributed by atoms with Crippen LogP contribution in [0.5, 0.6) is 0 Å². The summed E-state index contributed by atoms with van der Waals surface area (Å²) in [5.41, 5.74) is 1.39. The molecule has 150 valence electrons. The molecule has 0 aliphatic carbocycles. The van der Waals surface area contributed by atoms with Gasteiger partial charge in [0.15, 0.2) is 0 Å². The molecule has 1 fully saturated rings. The lowest BCUT2D eigenvalue weighted by atomic mass is 9.73. The number of carboxylic acids is 1. The van der Waals surface area contributed by atoms with E-state index in [9.17, 15) is 14.7 Å². The lowest BCUT2D eigenvalue weighted by Gasteiger charge is -2.39. The highest BCUT2D eigenvalue weighted by atomic mass is 16.4. The van der Waals surface area contributed by atoms with E-state index < -0.39 is 11.4 Å². The number of aliphatic carboxylic acids is 1. The first-order valence-electron chi connectivity index (χ1n) is 10.1. The second-order valence-corrected chi connectivity index (χ2v) is 7.60. The molecule has 2 heterocycles. The predicted molar refractivity (Wildman–Crippen MR) is 107 cm³/mol. The van der Waals surface area contributed by atoms with Crippen molar-refractivity contribution in [1.29, 1.82) is 0 Å². The van der Waals surface area contributed by atoms with Crippen molar-refractivity contribution in [2.75, 3.05) is 13.1 Å². The second kappa shape index (κ2) is 8.17. The number of hydrogen-bond acceptors (Lipinski definition) is 3. The van der Waals surface area contributed by atoms with E-state index in [1.165, 1.54) is 0 Å². The maximum absolute atomic E-state index is 13.1. The molecule has 6 nitrogen and oxygen atoms in total. The molecular weight excluding hydrogens is 354 g/mol. The third-order valence-electron chi connectivity index (χ3n) is 6.20. The molecule has 0 bridgehead atoms. The molecule has 1 N–H and O–H groups in total. The van der Waals surface area contributed by atoms with Gasteiger partial charge in [0.1, 0.15) is 0 Å². The first kappa shape index (κ1) is 20.1. The van der Waals surface area contributed by atoms with Gasteiger partial charge < -0.3 is 10.0 Å². The maximum Gasteiger partial charge on any atom is 0.314 e. The predicted octanol–water partition coefficient (Wildman–Crippen LogP) is 3.81. The van der Waals surface area contributed by atoms with Gasteiger partial charge in [0.2, 0.25) is 0 Å². The first-order chi connectivity index (χ1) is 13.4. The van der Waals surface area contributed by atoms with Crippen LogP contribution in [0.2, 0.25) is 0 Å². The molecule has 0 unspecified atom stereocenters. The Morgan fingerprint density at radius 3 is 2.29 bits per heavy atom. The normalized spacial score (nSPS) is 16.4. The van der Waals surface area contributed by atoms with E-state index in [2.05, 4.69) is 18.9 Å². The number of hydrogen-bond donors (Lipinski definition) is 1. The number of nitrogens with zero attached hydrogens (tertiary/aromatic N) is 3. The number of rotatable bonds is 6. The lowest BCUT2D eigenvalue weighted by Crippen LogP contribution is -2.49. The van der Waals surface area contributed by atoms with Gasteiger partial charge in [0.05, 0.1) is 23.2 Å². The zero-order valence-electron chi connectivity index (χ0n) is 16.9. The van der Waals surface area contributed by atoms with E-state index >= 15 is 0 Å². The van der Waals surface area contributed by atoms with Crippen molar-refractivity contribution in [3.05, 3.63) is 53.3 Å². The molecule has 0 atom stereocenters. The van der Waals surface area contributed by atoms with Crippen LogP contribution in [0.4, 0.5) is 0 Å². The summed E-state index contributed by atoms with van der Waals surface area (Å²) in [5, 5.41) is 14.4. The van der Waals surface area contributed by atoms with Gasteiger partial charge in [-0.2, -0.15) is 5.10 Å². The van der Waals surface area contributed by atoms with Crippen LogP contribution in [-0.2, 0) is 10.2 Å². The van der Waals surface area contributed by atoms with Crippen LogP contribution >= 0.6 is 0 Å². The fraction of sp³-hybridized carbons (Fsp3) is 0.500. The Labute approximate surface area is 166 Å². The molecule has 3 rings (SSSR count). The molecule has 0 saturated carbocycles. The van der Waals surface area contributed by atoms with Crippen LogP contribution in [0.3, 0.4) is 0 Å². The summed E-state index contributed by atoms with van der Waals surface area (Å²) in [6.45, 7) is 7.03. The number of carbonyl (C=O) groups is 2. The van der Waals surface area contributed by atoms with Gasteiger partial charge in [-0.25, -0.2) is 0 Å². The van der Waals surface area contributed by atoms with Crippen LogP contribution in [0.1, 0.15) is 67.2 Å². The van der Waals surface area contributed by atoms with E-state index in [4.69, 9.17) is 0 Å². The Kier molecular flexibility index (Phi) is 5.87. The highest BCUT2D eigenvalue weighted by molar-refractivity contribution is 5.95. The van der Waals surface area contributed by atoms with Crippen LogP contribution in [0.15, 0.2) is 36.5 Å². The number of benzene rings is 1. The van der Waals surface area contributed by atoms with Crippen molar-refractivity contribution in [1.82, 2.24) is 14.7 Å². The van der Waals surface area contributed by atoms with E-state index in [0.717, 1.165) is 24.1 Å². The van der Waals surface area contributed by atoms with Gasteiger partial charge in [-0.3, -0.25) is 14.3 Å². The summed E-state index contributed by atoms with van der Waals surface area (Å²) in [7, 11) is 0. The molecule has 1 aromatic heterocycles. The minimum atomic E-state index is -0.924. The number of carbonyl (C=O) groups excluding carboxylic acids is 1. The molecule has 0 spiro atoms. The quantitative estimate of drug-likeness (QED) is 0.823. The molecule has 28 heavy (non-hydrogen) atoms. The Morgan fingerprint density at radius 2 is 1.75 bits per heavy atom. The molecule has 1 amide bonds. The van der Waals surface area contributed by atoms with Crippen molar-refractivity contribution < 1.29 is 14.7 Å². The van der Waals surface area contributed by atoms with Crippen molar-refractivity contribution >= 4 is 11.9 Å². The van der Waals surface area contributed by atoms with Gasteiger partial charge in [-0.05, 0) is 38.2 Å². The van der Waals surface area contributed by atoms with E-state index in [1.807, 2.05) is 41.9 Å². The molecule has 1 aliphatic heterocycles. The Morgan fingerprint density at radius 1 is 1.14 bits per heavy atom. The van der Waals surface area contributed by atoms with Crippen LogP contribution < -0.4 is 0 Å². The molecule has 0 radical (unpaired) electrons. The number of likely N-dealkylation sites (tertiary alicyclic amines) is 1. The van der Waals surface area contributed by atoms with Crippen molar-refractivity contribution in [3.63, 3.8) is 0 Å². The number of carboxylic acid groups (broad SMARTS) is 1. The van der Waals surface area contributed by atoms with Gasteiger partial charge in [-0.15, -0.1) is 0 Å². The van der Waals surface area contributed by atoms with Gasteiger partial charge >= 0.3 is 5.97 Å². The lowest BCUT2D eigenvalue weighted by molar-refractivity contribution is -0.145. The zero-order chi connectivity index (χ0) is 20.3. The average Bonchev–Trinajstić information content (AvgIpc) is 3.10. The van der Waals surface area contributed by atoms with E-state index in [1.54, 1.807) is 11.1 Å². The Balaban J connectivity index is 1.78. The summed E-state index contributed by atoms with van der Waals surface area (Å²) >= 11 is 0. The fourth-order valence-corrected chi connectivity index (χ4v) is 4.28. The third kappa shape index (κ3) is 3.43. The van der Waals surface area contributed by atoms with Crippen LogP contribution in [-0.4, -0.2) is 44.8 Å². The highest BCUT2D eigenvalue weighted by Gasteiger charge is 2.44.